The number of hydrogen-bond acceptors (Lipinski definition) is 5. The van der Waals surface area contributed by atoms with Crippen molar-refractivity contribution in [3.8, 4) is 0 Å². The lowest BCUT2D eigenvalue weighted by Gasteiger charge is -2.34. The lowest BCUT2D eigenvalue weighted by molar-refractivity contribution is -0.130. The summed E-state index contributed by atoms with van der Waals surface area (Å²) >= 11 is 0. The summed E-state index contributed by atoms with van der Waals surface area (Å²) in [6.45, 7) is 6.84. The Bertz CT molecular complexity index is 787. The highest BCUT2D eigenvalue weighted by Crippen LogP contribution is 2.22. The number of carbonyl (C=O) groups is 2. The van der Waals surface area contributed by atoms with Gasteiger partial charge in [0.05, 0.1) is 17.4 Å². The fourth-order valence-corrected chi connectivity index (χ4v) is 3.32. The van der Waals surface area contributed by atoms with E-state index in [0.29, 0.717) is 43.0 Å². The molecule has 1 unspecified atom stereocenters. The van der Waals surface area contributed by atoms with E-state index in [4.69, 9.17) is 0 Å². The molecule has 2 N–H and O–H groups in total. The zero-order valence-electron chi connectivity index (χ0n) is 16.2. The molecule has 0 saturated carbocycles. The summed E-state index contributed by atoms with van der Waals surface area (Å²) in [5.74, 6) is -0.213. The van der Waals surface area contributed by atoms with Crippen molar-refractivity contribution >= 4 is 18.0 Å². The number of hydrazine groups is 1. The molecule has 0 spiro atoms. The summed E-state index contributed by atoms with van der Waals surface area (Å²) in [4.78, 5) is 26.1. The first-order valence-corrected chi connectivity index (χ1v) is 9.38. The molecule has 7 nitrogen and oxygen atoms in total. The second-order valence-electron chi connectivity index (χ2n) is 7.03. The molecular formula is C20H26FN5O2. The molecule has 0 bridgehead atoms. The Balaban J connectivity index is 1.67. The predicted molar refractivity (Wildman–Crippen MR) is 105 cm³/mol. The van der Waals surface area contributed by atoms with Crippen molar-refractivity contribution in [2.75, 3.05) is 31.6 Å². The first-order chi connectivity index (χ1) is 13.5. The van der Waals surface area contributed by atoms with Crippen LogP contribution < -0.4 is 10.7 Å². The van der Waals surface area contributed by atoms with Gasteiger partial charge in [0.1, 0.15) is 0 Å². The summed E-state index contributed by atoms with van der Waals surface area (Å²) in [5, 5.41) is 4.35. The summed E-state index contributed by atoms with van der Waals surface area (Å²) in [6.07, 6.45) is 6.06. The van der Waals surface area contributed by atoms with Crippen molar-refractivity contribution in [1.82, 2.24) is 20.1 Å². The molecule has 1 saturated heterocycles. The molecule has 0 aliphatic carbocycles. The molecule has 1 aromatic carbocycles. The van der Waals surface area contributed by atoms with Crippen molar-refractivity contribution in [3.05, 3.63) is 53.6 Å². The maximum Gasteiger partial charge on any atom is 0.219 e. The predicted octanol–water partition coefficient (Wildman–Crippen LogP) is 1.66. The van der Waals surface area contributed by atoms with Crippen LogP contribution in [0.4, 0.5) is 10.1 Å². The molecule has 2 aliphatic rings. The van der Waals surface area contributed by atoms with E-state index in [1.54, 1.807) is 30.3 Å². The summed E-state index contributed by atoms with van der Waals surface area (Å²) in [5.41, 5.74) is 4.70. The van der Waals surface area contributed by atoms with Crippen molar-refractivity contribution in [3.63, 3.8) is 0 Å². The monoisotopic (exact) mass is 387 g/mol. The highest BCUT2D eigenvalue weighted by molar-refractivity contribution is 5.73. The summed E-state index contributed by atoms with van der Waals surface area (Å²) in [6, 6.07) is 5.30. The SMILES string of the molecule is CC(=O)N1CCN(Cc2cccc(NN3C=C(NC=O)C=CC3C)c2F)CC1. The second kappa shape index (κ2) is 8.88. The lowest BCUT2D eigenvalue weighted by atomic mass is 10.1. The molecule has 1 fully saturated rings. The van der Waals surface area contributed by atoms with Crippen molar-refractivity contribution in [2.45, 2.75) is 26.4 Å². The zero-order valence-corrected chi connectivity index (χ0v) is 16.2. The third-order valence-corrected chi connectivity index (χ3v) is 5.04. The van der Waals surface area contributed by atoms with Crippen LogP contribution in [-0.4, -0.2) is 59.3 Å². The minimum Gasteiger partial charge on any atom is -0.340 e. The Morgan fingerprint density at radius 3 is 2.71 bits per heavy atom. The van der Waals surface area contributed by atoms with Gasteiger partial charge in [-0.25, -0.2) is 4.39 Å². The van der Waals surface area contributed by atoms with Crippen LogP contribution in [0, 0.1) is 5.82 Å². The normalized spacial score (nSPS) is 20.0. The van der Waals surface area contributed by atoms with E-state index >= 15 is 4.39 Å². The van der Waals surface area contributed by atoms with Gasteiger partial charge in [0, 0.05) is 51.4 Å². The third-order valence-electron chi connectivity index (χ3n) is 5.04. The maximum atomic E-state index is 15.1. The minimum atomic E-state index is -0.295. The summed E-state index contributed by atoms with van der Waals surface area (Å²) < 4.78 is 15.1. The number of rotatable bonds is 6. The van der Waals surface area contributed by atoms with Gasteiger partial charge in [0.2, 0.25) is 12.3 Å². The zero-order chi connectivity index (χ0) is 20.1. The molecule has 2 amide bonds. The molecule has 1 atom stereocenters. The molecule has 3 rings (SSSR count). The van der Waals surface area contributed by atoms with E-state index in [1.165, 1.54) is 0 Å². The standard InChI is InChI=1S/C20H26FN5O2/c1-15-6-7-18(22-14-27)13-26(15)23-19-5-3-4-17(20(19)21)12-24-8-10-25(11-9-24)16(2)28/h3-7,13-15,23H,8-12H2,1-2H3,(H,22,27). The van der Waals surface area contributed by atoms with Crippen LogP contribution >= 0.6 is 0 Å². The van der Waals surface area contributed by atoms with Crippen LogP contribution in [0.25, 0.3) is 0 Å². The van der Waals surface area contributed by atoms with Gasteiger partial charge >= 0.3 is 0 Å². The number of piperazine rings is 1. The number of nitrogens with one attached hydrogen (secondary N) is 2. The second-order valence-corrected chi connectivity index (χ2v) is 7.03. The van der Waals surface area contributed by atoms with Gasteiger partial charge in [-0.05, 0) is 19.1 Å². The van der Waals surface area contributed by atoms with Gasteiger partial charge in [-0.3, -0.25) is 24.9 Å². The Kier molecular flexibility index (Phi) is 6.30. The number of allylic oxidation sites excluding steroid dienone is 1. The molecule has 1 aromatic rings. The number of carbonyl (C=O) groups excluding carboxylic acids is 2. The molecule has 28 heavy (non-hydrogen) atoms. The van der Waals surface area contributed by atoms with E-state index in [0.717, 1.165) is 13.1 Å². The Morgan fingerprint density at radius 2 is 2.04 bits per heavy atom. The first-order valence-electron chi connectivity index (χ1n) is 9.38. The largest absolute Gasteiger partial charge is 0.340 e. The van der Waals surface area contributed by atoms with Crippen LogP contribution in [0.15, 0.2) is 42.2 Å². The molecule has 2 heterocycles. The van der Waals surface area contributed by atoms with Crippen LogP contribution in [0.3, 0.4) is 0 Å². The van der Waals surface area contributed by atoms with E-state index < -0.39 is 0 Å². The summed E-state index contributed by atoms with van der Waals surface area (Å²) in [7, 11) is 0. The average molecular weight is 387 g/mol. The average Bonchev–Trinajstić information content (AvgIpc) is 2.68. The van der Waals surface area contributed by atoms with Crippen LogP contribution in [-0.2, 0) is 16.1 Å². The number of halogens is 1. The Labute approximate surface area is 164 Å². The quantitative estimate of drug-likeness (QED) is 0.727. The van der Waals surface area contributed by atoms with Gasteiger partial charge in [-0.1, -0.05) is 18.2 Å². The van der Waals surface area contributed by atoms with Gasteiger partial charge in [-0.15, -0.1) is 0 Å². The number of nitrogens with zero attached hydrogens (tertiary/aromatic N) is 3. The van der Waals surface area contributed by atoms with Gasteiger partial charge in [-0.2, -0.15) is 0 Å². The number of benzene rings is 1. The highest BCUT2D eigenvalue weighted by Gasteiger charge is 2.21. The van der Waals surface area contributed by atoms with E-state index in [1.807, 2.05) is 30.0 Å². The van der Waals surface area contributed by atoms with Gasteiger partial charge < -0.3 is 10.2 Å². The van der Waals surface area contributed by atoms with Gasteiger partial charge in [0.15, 0.2) is 5.82 Å². The maximum absolute atomic E-state index is 15.1. The lowest BCUT2D eigenvalue weighted by Crippen LogP contribution is -2.47. The third kappa shape index (κ3) is 4.69. The molecule has 150 valence electrons. The number of hydrogen-bond donors (Lipinski definition) is 2. The van der Waals surface area contributed by atoms with Crippen LogP contribution in [0.5, 0.6) is 0 Å². The fraction of sp³-hybridized carbons (Fsp3) is 0.400. The van der Waals surface area contributed by atoms with E-state index in [-0.39, 0.29) is 17.8 Å². The van der Waals surface area contributed by atoms with Crippen molar-refractivity contribution in [2.24, 2.45) is 0 Å². The van der Waals surface area contributed by atoms with Gasteiger partial charge in [0.25, 0.3) is 0 Å². The van der Waals surface area contributed by atoms with E-state index in [9.17, 15) is 9.59 Å². The molecule has 8 heteroatoms. The number of anilines is 1. The first kappa shape index (κ1) is 19.9. The minimum absolute atomic E-state index is 0.0000773. The van der Waals surface area contributed by atoms with Crippen LogP contribution in [0.1, 0.15) is 19.4 Å². The van der Waals surface area contributed by atoms with Crippen LogP contribution in [0.2, 0.25) is 0 Å². The number of amides is 2. The fourth-order valence-electron chi connectivity index (χ4n) is 3.32. The van der Waals surface area contributed by atoms with E-state index in [2.05, 4.69) is 15.6 Å². The molecule has 2 aliphatic heterocycles. The van der Waals surface area contributed by atoms with Crippen molar-refractivity contribution < 1.29 is 14.0 Å². The molecular weight excluding hydrogens is 361 g/mol. The van der Waals surface area contributed by atoms with Crippen molar-refractivity contribution in [1.29, 1.82) is 0 Å². The smallest absolute Gasteiger partial charge is 0.219 e. The molecule has 0 radical (unpaired) electrons. The molecule has 0 aromatic heterocycles. The highest BCUT2D eigenvalue weighted by atomic mass is 19.1. The topological polar surface area (TPSA) is 67.9 Å². The Morgan fingerprint density at radius 1 is 1.29 bits per heavy atom. The Hall–Kier alpha value is -2.87.